The summed E-state index contributed by atoms with van der Waals surface area (Å²) in [6, 6.07) is 0. The minimum atomic E-state index is -0.460. The fraction of sp³-hybridized carbons (Fsp3) is 0.560. The maximum absolute atomic E-state index is 12.6. The molecule has 0 aromatic carbocycles. The van der Waals surface area contributed by atoms with Crippen molar-refractivity contribution in [3.8, 4) is 0 Å². The molecule has 10 heteroatoms. The Morgan fingerprint density at radius 3 is 0.822 bits per heavy atom. The molecule has 10 nitrogen and oxygen atoms in total. The summed E-state index contributed by atoms with van der Waals surface area (Å²) in [5.74, 6) is 1.43. The molecule has 135 heavy (non-hydrogen) atoms. The van der Waals surface area contributed by atoms with Crippen molar-refractivity contribution in [3.05, 3.63) is 294 Å². The number of allylic oxidation sites excluding steroid dienone is 45. The molecule has 0 aliphatic heterocycles. The molecule has 0 heterocycles. The minimum Gasteiger partial charge on any atom is -0.462 e. The molecule has 0 amide bonds. The molecule has 0 aromatic heterocycles. The predicted molar refractivity (Wildman–Crippen MR) is 576 cm³/mol. The molecule has 0 radical (unpaired) electrons. The predicted octanol–water partition coefficient (Wildman–Crippen LogP) is 34.9. The molecular weight excluding hydrogens is 1660 g/mol. The van der Waals surface area contributed by atoms with Gasteiger partial charge in [-0.2, -0.15) is 0 Å². The summed E-state index contributed by atoms with van der Waals surface area (Å²) in [4.78, 5) is 59.4. The van der Waals surface area contributed by atoms with E-state index in [2.05, 4.69) is 230 Å². The fourth-order valence-corrected chi connectivity index (χ4v) is 19.9. The maximum Gasteiger partial charge on any atom is 0.331 e. The van der Waals surface area contributed by atoms with Crippen molar-refractivity contribution in [1.82, 2.24) is 0 Å². The summed E-state index contributed by atoms with van der Waals surface area (Å²) in [6.07, 6.45) is 87.1. The molecule has 744 valence electrons. The molecule has 0 saturated heterocycles. The van der Waals surface area contributed by atoms with E-state index >= 15 is 0 Å². The highest BCUT2D eigenvalue weighted by molar-refractivity contribution is 5.85. The third-order valence-corrected chi connectivity index (χ3v) is 27.1. The lowest BCUT2D eigenvalue weighted by Crippen LogP contribution is -2.52. The quantitative estimate of drug-likeness (QED) is 0.0286. The zero-order chi connectivity index (χ0) is 101. The Labute approximate surface area is 823 Å². The van der Waals surface area contributed by atoms with Crippen molar-refractivity contribution >= 4 is 29.8 Å². The van der Waals surface area contributed by atoms with Gasteiger partial charge in [-0.1, -0.05) is 298 Å². The Morgan fingerprint density at radius 2 is 0.585 bits per heavy atom. The number of carbonyl (C=O) groups is 5. The van der Waals surface area contributed by atoms with E-state index in [4.69, 9.17) is 23.7 Å². The molecule has 4 bridgehead atoms. The largest absolute Gasteiger partial charge is 0.462 e. The van der Waals surface area contributed by atoms with Crippen LogP contribution in [0, 0.1) is 50.7 Å². The van der Waals surface area contributed by atoms with Gasteiger partial charge in [-0.3, -0.25) is 0 Å². The molecule has 0 N–H and O–H groups in total. The summed E-state index contributed by atoms with van der Waals surface area (Å²) in [5.41, 5.74) is 26.1. The third-order valence-electron chi connectivity index (χ3n) is 27.1. The first-order chi connectivity index (χ1) is 62.9. The Morgan fingerprint density at radius 1 is 0.341 bits per heavy atom. The Kier molecular flexibility index (Phi) is 49.6. The fourth-order valence-electron chi connectivity index (χ4n) is 19.9. The van der Waals surface area contributed by atoms with Gasteiger partial charge in [-0.25, -0.2) is 24.0 Å². The van der Waals surface area contributed by atoms with Gasteiger partial charge in [0.25, 0.3) is 0 Å². The van der Waals surface area contributed by atoms with Gasteiger partial charge in [0, 0.05) is 30.4 Å². The topological polar surface area (TPSA) is 132 Å². The standard InChI is InChI=1S/C30H42O2.3C24H36O2.C23H34O2/c1-21(11-12-27-23(3)10-7-13-29(27,4)5)8-6-9-22(2)14-28(31)32-30-18-24-15-25(19-30)17-26(16-24)20-30;1-18(14-15-21-20(3)13-10-16-24(21,7)8)11-9-12-19(2)17-22(25)26-23(4,5)6;1-18(2)17-26-23(25)16-20(4)11-8-10-19(3)13-14-22-21(5)12-9-15-24(22,6)7;1-8-21(5)26-23(25)17-19(3)12-9-11-18(2)14-15-22-20(4)13-10-16-24(22,6)7;1-17(2)25-22(24)16-19(4)11-8-10-18(3)13-14-21-20(5)12-9-15-23(21,6)7/h6,8-9,11-12,14,24-26H,7,10,13,15-20H2,1-5H3;9,11-12,14-15,17H,10,13,16H2,1-8H3;8,10-11,13-14,16,18H,9,12,15,17H2,1-7H3;9,11-12,14-15,17,21H,8,10,13,16H2,1-7H3;8,10-11,13-14,16-17H,9,12,15H2,1-7H3/b9-6+,12-11+,21-8+,22-14+;12-9+,15-14+,18-11+,19-17+;11-8+,14-13+,19-10+,20-16+;12-9+,15-14+,18-11+,19-17+;11-8+,14-13+,18-10+,19-16+. The van der Waals surface area contributed by atoms with Crippen molar-refractivity contribution in [1.29, 1.82) is 0 Å². The van der Waals surface area contributed by atoms with Crippen LogP contribution in [0.5, 0.6) is 0 Å². The Hall–Kier alpha value is -9.15. The van der Waals surface area contributed by atoms with Gasteiger partial charge in [-0.05, 0) is 393 Å². The number of carbonyl (C=O) groups excluding carboxylic acids is 5. The Bertz CT molecular complexity index is 4810. The first kappa shape index (κ1) is 118. The van der Waals surface area contributed by atoms with Crippen molar-refractivity contribution in [2.45, 2.75) is 400 Å². The molecule has 9 aliphatic rings. The average molecular weight is 1850 g/mol. The summed E-state index contributed by atoms with van der Waals surface area (Å²) < 4.78 is 26.9. The van der Waals surface area contributed by atoms with Gasteiger partial charge >= 0.3 is 29.8 Å². The summed E-state index contributed by atoms with van der Waals surface area (Å²) in [5, 5.41) is 0. The first-order valence-electron chi connectivity index (χ1n) is 51.1. The third kappa shape index (κ3) is 45.8. The van der Waals surface area contributed by atoms with Crippen LogP contribution >= 0.6 is 0 Å². The lowest BCUT2D eigenvalue weighted by Gasteiger charge is -2.55. The van der Waals surface area contributed by atoms with Crippen LogP contribution in [0.15, 0.2) is 294 Å². The van der Waals surface area contributed by atoms with Crippen molar-refractivity contribution in [2.24, 2.45) is 50.7 Å². The van der Waals surface area contributed by atoms with Crippen LogP contribution in [0.2, 0.25) is 0 Å². The smallest absolute Gasteiger partial charge is 0.331 e. The van der Waals surface area contributed by atoms with Gasteiger partial charge in [0.1, 0.15) is 11.2 Å². The van der Waals surface area contributed by atoms with Crippen LogP contribution in [0.3, 0.4) is 0 Å². The summed E-state index contributed by atoms with van der Waals surface area (Å²) in [6.45, 7) is 72.5. The highest BCUT2D eigenvalue weighted by Gasteiger charge is 2.53. The molecule has 1 atom stereocenters. The lowest BCUT2D eigenvalue weighted by molar-refractivity contribution is -0.181. The van der Waals surface area contributed by atoms with Gasteiger partial charge in [0.2, 0.25) is 0 Å². The van der Waals surface area contributed by atoms with Crippen LogP contribution in [0.25, 0.3) is 0 Å². The molecule has 4 fully saturated rings. The van der Waals surface area contributed by atoms with Gasteiger partial charge in [-0.15, -0.1) is 0 Å². The minimum absolute atomic E-state index is 0.0374. The number of rotatable bonds is 31. The number of ether oxygens (including phenoxy) is 5. The zero-order valence-electron chi connectivity index (χ0n) is 91.1. The SMILES string of the molecule is CC1=C(/C=C/C(C)=C/C=C/C(C)=C/C(=O)OC(C)(C)C)C(C)(C)CCC1.CC1=C(/C=C/C(C)=C/C=C/C(C)=C/C(=O)OC(C)C)C(C)(C)CCC1.CC1=C(/C=C/C(C)=C/C=C/C(C)=C/C(=O)OC23CC4CC(CC(C4)C2)C3)C(C)(C)CCC1.CC1=C(/C=C/C(C)=C/C=C/C(C)=C/C(=O)OCC(C)C)C(C)(C)CCC1.CCC(C)OC(=O)/C=C(C)/C=C/C=C(C)/C=C/C1=C(C)CCCC1(C)C. The van der Waals surface area contributed by atoms with Crippen molar-refractivity contribution < 1.29 is 47.7 Å². The normalized spacial score (nSPS) is 23.1. The molecule has 0 aromatic rings. The molecule has 9 rings (SSSR count). The van der Waals surface area contributed by atoms with Gasteiger partial charge in [0.05, 0.1) is 18.8 Å². The van der Waals surface area contributed by atoms with Crippen LogP contribution in [-0.2, 0) is 47.7 Å². The lowest BCUT2D eigenvalue weighted by atomic mass is 9.54. The van der Waals surface area contributed by atoms with Gasteiger partial charge in [0.15, 0.2) is 0 Å². The second-order valence-electron chi connectivity index (χ2n) is 45.3. The first-order valence-corrected chi connectivity index (χ1v) is 51.1. The van der Waals surface area contributed by atoms with Crippen molar-refractivity contribution in [3.63, 3.8) is 0 Å². The van der Waals surface area contributed by atoms with E-state index in [9.17, 15) is 24.0 Å². The second-order valence-corrected chi connectivity index (χ2v) is 45.3. The average Bonchev–Trinajstić information content (AvgIpc) is 0.746. The van der Waals surface area contributed by atoms with E-state index < -0.39 is 5.60 Å². The van der Waals surface area contributed by atoms with Gasteiger partial charge < -0.3 is 23.7 Å². The molecular formula is C125H184O10. The second kappa shape index (κ2) is 56.7. The maximum atomic E-state index is 12.6. The van der Waals surface area contributed by atoms with Crippen LogP contribution < -0.4 is 0 Å². The summed E-state index contributed by atoms with van der Waals surface area (Å²) in [7, 11) is 0. The van der Waals surface area contributed by atoms with Crippen LogP contribution in [0.1, 0.15) is 377 Å². The highest BCUT2D eigenvalue weighted by Crippen LogP contribution is 2.57. The highest BCUT2D eigenvalue weighted by atomic mass is 16.6. The number of hydrogen-bond acceptors (Lipinski definition) is 10. The van der Waals surface area contributed by atoms with E-state index in [0.717, 1.165) is 71.3 Å². The zero-order valence-corrected chi connectivity index (χ0v) is 91.1. The van der Waals surface area contributed by atoms with Crippen LogP contribution in [-0.4, -0.2) is 59.9 Å². The van der Waals surface area contributed by atoms with E-state index in [1.165, 1.54) is 217 Å². The summed E-state index contributed by atoms with van der Waals surface area (Å²) >= 11 is 0. The molecule has 1 unspecified atom stereocenters. The van der Waals surface area contributed by atoms with E-state index in [0.29, 0.717) is 12.5 Å². The molecule has 4 saturated carbocycles. The van der Waals surface area contributed by atoms with Crippen molar-refractivity contribution in [2.75, 3.05) is 6.61 Å². The Balaban J connectivity index is 0.000000354. The number of hydrogen-bond donors (Lipinski definition) is 0. The van der Waals surface area contributed by atoms with E-state index in [-0.39, 0.29) is 74.7 Å². The van der Waals surface area contributed by atoms with E-state index in [1.807, 2.05) is 158 Å². The number of esters is 5. The van der Waals surface area contributed by atoms with E-state index in [1.54, 1.807) is 12.2 Å². The molecule has 0 spiro atoms. The monoisotopic (exact) mass is 1850 g/mol. The molecule has 9 aliphatic carbocycles. The van der Waals surface area contributed by atoms with Crippen LogP contribution in [0.4, 0.5) is 0 Å².